The van der Waals surface area contributed by atoms with Crippen molar-refractivity contribution in [2.45, 2.75) is 45.7 Å². The van der Waals surface area contributed by atoms with Gasteiger partial charge >= 0.3 is 0 Å². The molecule has 0 bridgehead atoms. The van der Waals surface area contributed by atoms with E-state index < -0.39 is 0 Å². The van der Waals surface area contributed by atoms with Gasteiger partial charge in [0.2, 0.25) is 5.91 Å². The largest absolute Gasteiger partial charge is 0.360 e. The summed E-state index contributed by atoms with van der Waals surface area (Å²) in [5.74, 6) is 0.556. The third kappa shape index (κ3) is 3.76. The fourth-order valence-electron chi connectivity index (χ4n) is 2.82. The number of para-hydroxylation sites is 1. The van der Waals surface area contributed by atoms with E-state index in [1.807, 2.05) is 19.1 Å². The molecule has 2 atom stereocenters. The first kappa shape index (κ1) is 15.8. The Morgan fingerprint density at radius 1 is 1.38 bits per heavy atom. The van der Waals surface area contributed by atoms with Crippen molar-refractivity contribution in [2.75, 3.05) is 18.0 Å². The maximum absolute atomic E-state index is 12.4. The topological polar surface area (TPSA) is 58.4 Å². The van der Waals surface area contributed by atoms with E-state index in [9.17, 15) is 4.79 Å². The van der Waals surface area contributed by atoms with Crippen LogP contribution in [0.4, 0.5) is 5.69 Å². The highest BCUT2D eigenvalue weighted by Gasteiger charge is 2.27. The summed E-state index contributed by atoms with van der Waals surface area (Å²) in [6.45, 7) is 7.78. The number of rotatable bonds is 4. The fourth-order valence-corrected chi connectivity index (χ4v) is 2.82. The van der Waals surface area contributed by atoms with Crippen molar-refractivity contribution >= 4 is 11.6 Å². The molecule has 1 heterocycles. The highest BCUT2D eigenvalue weighted by Crippen LogP contribution is 2.32. The standard InChI is InChI=1S/C17H27N3O/c1-12(2)11-19-17(21)13(3)20-10-6-8-15(18)14-7-4-5-9-16(14)20/h4-5,7,9,12-13,15H,6,8,10-11,18H2,1-3H3,(H,19,21). The van der Waals surface area contributed by atoms with Gasteiger partial charge in [-0.15, -0.1) is 0 Å². The summed E-state index contributed by atoms with van der Waals surface area (Å²) in [5, 5.41) is 3.03. The average molecular weight is 289 g/mol. The maximum Gasteiger partial charge on any atom is 0.242 e. The van der Waals surface area contributed by atoms with Crippen LogP contribution < -0.4 is 16.0 Å². The van der Waals surface area contributed by atoms with Crippen LogP contribution in [0.25, 0.3) is 0 Å². The summed E-state index contributed by atoms with van der Waals surface area (Å²) in [6.07, 6.45) is 1.98. The van der Waals surface area contributed by atoms with Gasteiger partial charge in [-0.2, -0.15) is 0 Å². The third-order valence-corrected chi connectivity index (χ3v) is 4.09. The minimum absolute atomic E-state index is 0.0668. The molecule has 4 nitrogen and oxygen atoms in total. The summed E-state index contributed by atoms with van der Waals surface area (Å²) < 4.78 is 0. The van der Waals surface area contributed by atoms with E-state index in [4.69, 9.17) is 5.73 Å². The van der Waals surface area contributed by atoms with Crippen molar-refractivity contribution in [1.82, 2.24) is 5.32 Å². The van der Waals surface area contributed by atoms with Crippen molar-refractivity contribution in [1.29, 1.82) is 0 Å². The zero-order chi connectivity index (χ0) is 15.4. The van der Waals surface area contributed by atoms with Crippen molar-refractivity contribution < 1.29 is 4.79 Å². The van der Waals surface area contributed by atoms with Crippen LogP contribution in [-0.4, -0.2) is 25.0 Å². The van der Waals surface area contributed by atoms with Crippen LogP contribution in [0.3, 0.4) is 0 Å². The molecule has 0 spiro atoms. The molecule has 0 saturated carbocycles. The van der Waals surface area contributed by atoms with Crippen molar-refractivity contribution in [3.8, 4) is 0 Å². The second-order valence-corrected chi connectivity index (χ2v) is 6.32. The van der Waals surface area contributed by atoms with Crippen LogP contribution in [0.2, 0.25) is 0 Å². The molecule has 1 aromatic rings. The van der Waals surface area contributed by atoms with Crippen LogP contribution in [0, 0.1) is 5.92 Å². The second-order valence-electron chi connectivity index (χ2n) is 6.32. The van der Waals surface area contributed by atoms with Crippen LogP contribution >= 0.6 is 0 Å². The van der Waals surface area contributed by atoms with Gasteiger partial charge in [0.15, 0.2) is 0 Å². The van der Waals surface area contributed by atoms with Gasteiger partial charge in [0.05, 0.1) is 0 Å². The van der Waals surface area contributed by atoms with E-state index in [-0.39, 0.29) is 18.0 Å². The SMILES string of the molecule is CC(C)CNC(=O)C(C)N1CCCC(N)c2ccccc21. The Morgan fingerprint density at radius 2 is 2.10 bits per heavy atom. The number of nitrogens with two attached hydrogens (primary N) is 1. The molecule has 1 amide bonds. The molecule has 0 saturated heterocycles. The number of hydrogen-bond acceptors (Lipinski definition) is 3. The van der Waals surface area contributed by atoms with E-state index in [1.165, 1.54) is 0 Å². The number of hydrogen-bond donors (Lipinski definition) is 2. The van der Waals surface area contributed by atoms with Crippen molar-refractivity contribution in [3.05, 3.63) is 29.8 Å². The lowest BCUT2D eigenvalue weighted by atomic mass is 10.0. The minimum atomic E-state index is -0.171. The lowest BCUT2D eigenvalue weighted by Crippen LogP contribution is -2.46. The predicted octanol–water partition coefficient (Wildman–Crippen LogP) is 2.45. The van der Waals surface area contributed by atoms with Gasteiger partial charge in [0, 0.05) is 24.8 Å². The summed E-state index contributed by atoms with van der Waals surface area (Å²) in [4.78, 5) is 14.6. The lowest BCUT2D eigenvalue weighted by molar-refractivity contribution is -0.122. The zero-order valence-electron chi connectivity index (χ0n) is 13.3. The molecule has 1 aromatic carbocycles. The van der Waals surface area contributed by atoms with Crippen LogP contribution in [0.15, 0.2) is 24.3 Å². The summed E-state index contributed by atoms with van der Waals surface area (Å²) >= 11 is 0. The van der Waals surface area contributed by atoms with Gasteiger partial charge in [0.25, 0.3) is 0 Å². The molecule has 0 aliphatic carbocycles. The Hall–Kier alpha value is -1.55. The molecule has 0 radical (unpaired) electrons. The average Bonchev–Trinajstić information content (AvgIpc) is 2.64. The van der Waals surface area contributed by atoms with E-state index >= 15 is 0 Å². The highest BCUT2D eigenvalue weighted by molar-refractivity contribution is 5.85. The lowest BCUT2D eigenvalue weighted by Gasteiger charge is -2.31. The first-order valence-electron chi connectivity index (χ1n) is 7.89. The number of fused-ring (bicyclic) bond motifs is 1. The molecule has 0 aromatic heterocycles. The number of anilines is 1. The van der Waals surface area contributed by atoms with Gasteiger partial charge < -0.3 is 16.0 Å². The third-order valence-electron chi connectivity index (χ3n) is 4.09. The summed E-state index contributed by atoms with van der Waals surface area (Å²) in [5.41, 5.74) is 8.51. The van der Waals surface area contributed by atoms with Crippen molar-refractivity contribution in [3.63, 3.8) is 0 Å². The molecule has 3 N–H and O–H groups in total. The zero-order valence-corrected chi connectivity index (χ0v) is 13.3. The molecule has 116 valence electrons. The Labute approximate surface area is 127 Å². The van der Waals surface area contributed by atoms with Crippen LogP contribution in [0.1, 0.15) is 45.2 Å². The molecule has 2 unspecified atom stereocenters. The normalized spacial score (nSPS) is 19.9. The number of carbonyl (C=O) groups excluding carboxylic acids is 1. The Bertz CT molecular complexity index is 487. The molecule has 1 aliphatic rings. The van der Waals surface area contributed by atoms with Gasteiger partial charge in [-0.05, 0) is 37.3 Å². The predicted molar refractivity (Wildman–Crippen MR) is 87.3 cm³/mol. The Balaban J connectivity index is 2.18. The Morgan fingerprint density at radius 3 is 2.81 bits per heavy atom. The van der Waals surface area contributed by atoms with Crippen LogP contribution in [0.5, 0.6) is 0 Å². The second kappa shape index (κ2) is 6.94. The number of amides is 1. The van der Waals surface area contributed by atoms with E-state index in [0.29, 0.717) is 5.92 Å². The maximum atomic E-state index is 12.4. The smallest absolute Gasteiger partial charge is 0.242 e. The molecule has 1 aliphatic heterocycles. The Kier molecular flexibility index (Phi) is 5.23. The summed E-state index contributed by atoms with van der Waals surface area (Å²) in [6, 6.07) is 8.09. The first-order valence-corrected chi connectivity index (χ1v) is 7.89. The molecular formula is C17H27N3O. The fraction of sp³-hybridized carbons (Fsp3) is 0.588. The van der Waals surface area contributed by atoms with E-state index in [1.54, 1.807) is 0 Å². The highest BCUT2D eigenvalue weighted by atomic mass is 16.2. The quantitative estimate of drug-likeness (QED) is 0.895. The van der Waals surface area contributed by atoms with Gasteiger partial charge in [-0.3, -0.25) is 4.79 Å². The number of carbonyl (C=O) groups is 1. The van der Waals surface area contributed by atoms with Crippen LogP contribution in [-0.2, 0) is 4.79 Å². The molecule has 2 rings (SSSR count). The molecule has 0 fully saturated rings. The number of nitrogens with zero attached hydrogens (tertiary/aromatic N) is 1. The van der Waals surface area contributed by atoms with Gasteiger partial charge in [0.1, 0.15) is 6.04 Å². The van der Waals surface area contributed by atoms with E-state index in [0.717, 1.165) is 37.2 Å². The summed E-state index contributed by atoms with van der Waals surface area (Å²) in [7, 11) is 0. The van der Waals surface area contributed by atoms with Gasteiger partial charge in [-0.1, -0.05) is 32.0 Å². The first-order chi connectivity index (χ1) is 10.0. The molecular weight excluding hydrogens is 262 g/mol. The minimum Gasteiger partial charge on any atom is -0.360 e. The molecule has 21 heavy (non-hydrogen) atoms. The van der Waals surface area contributed by atoms with Crippen molar-refractivity contribution in [2.24, 2.45) is 11.7 Å². The number of nitrogens with one attached hydrogen (secondary N) is 1. The van der Waals surface area contributed by atoms with E-state index in [2.05, 4.69) is 36.2 Å². The number of benzene rings is 1. The molecule has 4 heteroatoms. The van der Waals surface area contributed by atoms with Gasteiger partial charge in [-0.25, -0.2) is 0 Å². The monoisotopic (exact) mass is 289 g/mol.